The number of sulfonamides is 1. The molecule has 2 saturated heterocycles. The first kappa shape index (κ1) is 27.8. The SMILES string of the molecule is Cc1cc(-c2nnn(-c3ccc(C(CO)S(N)(=O)=O)cc3N3CCC4(CC3)CC4)n2)nc(N2CCC(F)(F)CC2)n1. The number of piperidine rings is 2. The van der Waals surface area contributed by atoms with E-state index in [0.717, 1.165) is 31.6 Å². The average Bonchev–Trinajstić information content (AvgIpc) is 3.48. The van der Waals surface area contributed by atoms with E-state index >= 15 is 0 Å². The molecule has 1 aromatic carbocycles. The number of aliphatic hydroxyl groups excluding tert-OH is 1. The first-order valence-corrected chi connectivity index (χ1v) is 15.4. The number of aliphatic hydroxyl groups is 1. The molecule has 6 rings (SSSR count). The van der Waals surface area contributed by atoms with E-state index in [1.165, 1.54) is 17.6 Å². The van der Waals surface area contributed by atoms with Gasteiger partial charge in [0.2, 0.25) is 21.8 Å². The topological polar surface area (TPSA) is 156 Å². The van der Waals surface area contributed by atoms with Gasteiger partial charge < -0.3 is 14.9 Å². The smallest absolute Gasteiger partial charge is 0.251 e. The summed E-state index contributed by atoms with van der Waals surface area (Å²) < 4.78 is 51.7. The Morgan fingerprint density at radius 3 is 2.29 bits per heavy atom. The molecule has 3 aromatic rings. The summed E-state index contributed by atoms with van der Waals surface area (Å²) in [5, 5.41) is 27.0. The van der Waals surface area contributed by atoms with Crippen molar-refractivity contribution in [3.05, 3.63) is 35.5 Å². The number of nitrogens with zero attached hydrogens (tertiary/aromatic N) is 8. The van der Waals surface area contributed by atoms with Crippen LogP contribution in [0.5, 0.6) is 0 Å². The highest BCUT2D eigenvalue weighted by Gasteiger charge is 2.44. The van der Waals surface area contributed by atoms with Crippen LogP contribution in [0.1, 0.15) is 55.0 Å². The maximum Gasteiger partial charge on any atom is 0.251 e. The number of alkyl halides is 2. The van der Waals surface area contributed by atoms with Gasteiger partial charge in [0.25, 0.3) is 5.92 Å². The van der Waals surface area contributed by atoms with Crippen LogP contribution in [0.15, 0.2) is 24.3 Å². The second-order valence-corrected chi connectivity index (χ2v) is 13.2. The van der Waals surface area contributed by atoms with E-state index < -0.39 is 27.8 Å². The number of halogens is 2. The molecular weight excluding hydrogens is 556 g/mol. The average molecular weight is 590 g/mol. The van der Waals surface area contributed by atoms with Crippen LogP contribution in [-0.4, -0.2) is 82.4 Å². The summed E-state index contributed by atoms with van der Waals surface area (Å²) in [6.45, 7) is 3.03. The highest BCUT2D eigenvalue weighted by molar-refractivity contribution is 7.89. The minimum Gasteiger partial charge on any atom is -0.395 e. The van der Waals surface area contributed by atoms with Crippen molar-refractivity contribution in [1.82, 2.24) is 30.2 Å². The Hall–Kier alpha value is -3.30. The number of primary sulfonamides is 1. The minimum absolute atomic E-state index is 0.149. The minimum atomic E-state index is -4.04. The van der Waals surface area contributed by atoms with Crippen LogP contribution >= 0.6 is 0 Å². The molecule has 1 spiro atoms. The van der Waals surface area contributed by atoms with E-state index in [4.69, 9.17) is 5.14 Å². The van der Waals surface area contributed by atoms with Crippen molar-refractivity contribution in [2.45, 2.75) is 56.6 Å². The van der Waals surface area contributed by atoms with Gasteiger partial charge in [-0.3, -0.25) is 0 Å². The van der Waals surface area contributed by atoms with Gasteiger partial charge >= 0.3 is 0 Å². The fraction of sp³-hybridized carbons (Fsp3) is 0.577. The standard InChI is InChI=1S/C26H33F2N9O3S/c1-17-14-19(31-24(30-17)36-12-8-26(27,28)9-13-36)23-32-34-37(33-23)20-3-2-18(22(16-38)41(29,39)40)15-21(20)35-10-6-25(4-5-25)7-11-35/h2-3,14-15,22,38H,4-13,16H2,1H3,(H2,29,39,40). The number of hydrogen-bond donors (Lipinski definition) is 2. The zero-order valence-electron chi connectivity index (χ0n) is 22.7. The van der Waals surface area contributed by atoms with Crippen LogP contribution in [0, 0.1) is 12.3 Å². The lowest BCUT2D eigenvalue weighted by Gasteiger charge is -2.35. The molecule has 0 bridgehead atoms. The van der Waals surface area contributed by atoms with Gasteiger partial charge in [-0.15, -0.1) is 15.0 Å². The molecule has 2 aliphatic heterocycles. The summed E-state index contributed by atoms with van der Waals surface area (Å²) in [5.74, 6) is -2.10. The molecule has 1 atom stereocenters. The Labute approximate surface area is 236 Å². The zero-order valence-corrected chi connectivity index (χ0v) is 23.6. The van der Waals surface area contributed by atoms with Crippen LogP contribution in [0.2, 0.25) is 0 Å². The molecule has 3 N–H and O–H groups in total. The van der Waals surface area contributed by atoms with Crippen LogP contribution in [0.3, 0.4) is 0 Å². The molecule has 15 heteroatoms. The van der Waals surface area contributed by atoms with Crippen molar-refractivity contribution >= 4 is 21.7 Å². The Bertz CT molecular complexity index is 1540. The Morgan fingerprint density at radius 2 is 1.66 bits per heavy atom. The van der Waals surface area contributed by atoms with E-state index in [-0.39, 0.29) is 31.8 Å². The van der Waals surface area contributed by atoms with Gasteiger partial charge in [0, 0.05) is 44.7 Å². The van der Waals surface area contributed by atoms with Crippen LogP contribution in [-0.2, 0) is 10.0 Å². The van der Waals surface area contributed by atoms with Crippen LogP contribution in [0.25, 0.3) is 17.2 Å². The lowest BCUT2D eigenvalue weighted by molar-refractivity contribution is -0.0222. The number of hydrogen-bond acceptors (Lipinski definition) is 10. The molecule has 1 saturated carbocycles. The van der Waals surface area contributed by atoms with Crippen molar-refractivity contribution in [1.29, 1.82) is 0 Å². The molecule has 3 aliphatic rings. The normalized spacial score (nSPS) is 20.8. The third-order valence-corrected chi connectivity index (χ3v) is 9.75. The van der Waals surface area contributed by atoms with Crippen LogP contribution < -0.4 is 14.9 Å². The number of aromatic nitrogens is 6. The van der Waals surface area contributed by atoms with Crippen LogP contribution in [0.4, 0.5) is 20.4 Å². The molecule has 0 amide bonds. The quantitative estimate of drug-likeness (QED) is 0.419. The number of anilines is 2. The Kier molecular flexibility index (Phi) is 6.93. The largest absolute Gasteiger partial charge is 0.395 e. The van der Waals surface area contributed by atoms with Gasteiger partial charge in [0.15, 0.2) is 0 Å². The highest BCUT2D eigenvalue weighted by atomic mass is 32.2. The lowest BCUT2D eigenvalue weighted by Crippen LogP contribution is -2.40. The van der Waals surface area contributed by atoms with E-state index in [1.54, 1.807) is 36.1 Å². The molecule has 41 heavy (non-hydrogen) atoms. The van der Waals surface area contributed by atoms with Gasteiger partial charge in [-0.2, -0.15) is 0 Å². The number of aryl methyl sites for hydroxylation is 1. The number of nitrogens with two attached hydrogens (primary N) is 1. The summed E-state index contributed by atoms with van der Waals surface area (Å²) in [7, 11) is -4.04. The second-order valence-electron chi connectivity index (χ2n) is 11.4. The lowest BCUT2D eigenvalue weighted by atomic mass is 9.93. The maximum atomic E-state index is 13.7. The predicted molar refractivity (Wildman–Crippen MR) is 147 cm³/mol. The summed E-state index contributed by atoms with van der Waals surface area (Å²) in [6.07, 6.45) is 4.04. The van der Waals surface area contributed by atoms with Crippen molar-refractivity contribution in [2.75, 3.05) is 42.6 Å². The summed E-state index contributed by atoms with van der Waals surface area (Å²) >= 11 is 0. The Morgan fingerprint density at radius 1 is 0.976 bits per heavy atom. The van der Waals surface area contributed by atoms with Gasteiger partial charge in [-0.1, -0.05) is 6.07 Å². The molecule has 4 heterocycles. The molecule has 220 valence electrons. The van der Waals surface area contributed by atoms with Gasteiger partial charge in [0.1, 0.15) is 16.6 Å². The van der Waals surface area contributed by atoms with Crippen molar-refractivity contribution in [2.24, 2.45) is 10.6 Å². The molecule has 1 aliphatic carbocycles. The van der Waals surface area contributed by atoms with Crippen molar-refractivity contribution < 1.29 is 22.3 Å². The first-order chi connectivity index (χ1) is 19.5. The fourth-order valence-electron chi connectivity index (χ4n) is 5.72. The molecule has 1 unspecified atom stereocenters. The van der Waals surface area contributed by atoms with E-state index in [1.807, 2.05) is 0 Å². The predicted octanol–water partition coefficient (Wildman–Crippen LogP) is 2.37. The van der Waals surface area contributed by atoms with Gasteiger partial charge in [0.05, 0.1) is 12.3 Å². The summed E-state index contributed by atoms with van der Waals surface area (Å²) in [5.41, 5.74) is 3.17. The summed E-state index contributed by atoms with van der Waals surface area (Å²) in [6, 6.07) is 6.74. The monoisotopic (exact) mass is 589 g/mol. The molecule has 12 nitrogen and oxygen atoms in total. The van der Waals surface area contributed by atoms with Gasteiger partial charge in [-0.05, 0) is 67.0 Å². The third-order valence-electron chi connectivity index (χ3n) is 8.53. The van der Waals surface area contributed by atoms with Crippen molar-refractivity contribution in [3.8, 4) is 17.2 Å². The van der Waals surface area contributed by atoms with E-state index in [0.29, 0.717) is 34.0 Å². The third kappa shape index (κ3) is 5.75. The number of rotatable bonds is 7. The number of tetrazole rings is 1. The maximum absolute atomic E-state index is 13.7. The fourth-order valence-corrected chi connectivity index (χ4v) is 6.46. The molecular formula is C26H33F2N9O3S. The molecule has 3 fully saturated rings. The van der Waals surface area contributed by atoms with Gasteiger partial charge in [-0.25, -0.2) is 32.3 Å². The molecule has 2 aromatic heterocycles. The summed E-state index contributed by atoms with van der Waals surface area (Å²) in [4.78, 5) is 14.3. The zero-order chi connectivity index (χ0) is 29.0. The Balaban J connectivity index is 1.33. The molecule has 0 radical (unpaired) electrons. The first-order valence-electron chi connectivity index (χ1n) is 13.8. The highest BCUT2D eigenvalue weighted by Crippen LogP contribution is 2.54. The second kappa shape index (κ2) is 10.2. The van der Waals surface area contributed by atoms with E-state index in [9.17, 15) is 22.3 Å². The number of benzene rings is 1. The van der Waals surface area contributed by atoms with E-state index in [2.05, 4.69) is 30.3 Å². The van der Waals surface area contributed by atoms with Crippen molar-refractivity contribution in [3.63, 3.8) is 0 Å².